The molecule has 1 saturated heterocycles. The maximum atomic E-state index is 11.1. The van der Waals surface area contributed by atoms with Crippen LogP contribution in [0.3, 0.4) is 0 Å². The van der Waals surface area contributed by atoms with Crippen molar-refractivity contribution in [3.63, 3.8) is 0 Å². The maximum absolute atomic E-state index is 11.1. The third kappa shape index (κ3) is 1.60. The van der Waals surface area contributed by atoms with Crippen molar-refractivity contribution >= 4 is 5.91 Å². The number of amides is 1. The molecule has 0 spiro atoms. The smallest absolute Gasteiger partial charge is 0.236 e. The number of carbonyl (C=O) groups excluding carboxylic acids is 1. The Bertz CT molecular complexity index is 349. The molecule has 1 unspecified atom stereocenters. The summed E-state index contributed by atoms with van der Waals surface area (Å²) in [5.41, 5.74) is 0. The standard InChI is InChI=1S/C8H12N4O2/c1-4-8(13)9-3-6(10-4)7-11-5(2)14-12-7/h4,6,10H,3H2,1-2H3,(H,9,13)/t4-,6?/m1/s1. The van der Waals surface area contributed by atoms with Gasteiger partial charge in [-0.1, -0.05) is 5.16 Å². The molecule has 1 aliphatic heterocycles. The van der Waals surface area contributed by atoms with Gasteiger partial charge in [0.15, 0.2) is 5.82 Å². The lowest BCUT2D eigenvalue weighted by Crippen LogP contribution is -2.53. The second-order valence-electron chi connectivity index (χ2n) is 3.36. The molecule has 0 aromatic carbocycles. The zero-order valence-electron chi connectivity index (χ0n) is 8.07. The van der Waals surface area contributed by atoms with Crippen molar-refractivity contribution in [3.05, 3.63) is 11.7 Å². The van der Waals surface area contributed by atoms with Crippen molar-refractivity contribution in [2.75, 3.05) is 6.54 Å². The molecule has 2 N–H and O–H groups in total. The van der Waals surface area contributed by atoms with Gasteiger partial charge in [0.2, 0.25) is 11.8 Å². The first-order chi connectivity index (χ1) is 6.66. The fourth-order valence-corrected chi connectivity index (χ4v) is 1.41. The number of rotatable bonds is 1. The van der Waals surface area contributed by atoms with Crippen molar-refractivity contribution < 1.29 is 9.32 Å². The van der Waals surface area contributed by atoms with E-state index in [4.69, 9.17) is 4.52 Å². The van der Waals surface area contributed by atoms with E-state index < -0.39 is 0 Å². The van der Waals surface area contributed by atoms with Gasteiger partial charge in [-0.3, -0.25) is 10.1 Å². The van der Waals surface area contributed by atoms with Gasteiger partial charge in [0.1, 0.15) is 0 Å². The molecule has 6 nitrogen and oxygen atoms in total. The predicted octanol–water partition coefficient (Wildman–Crippen LogP) is -0.473. The number of carbonyl (C=O) groups is 1. The molecule has 0 aliphatic carbocycles. The summed E-state index contributed by atoms with van der Waals surface area (Å²) in [6, 6.07) is -0.271. The fourth-order valence-electron chi connectivity index (χ4n) is 1.41. The molecule has 0 bridgehead atoms. The van der Waals surface area contributed by atoms with Crippen LogP contribution >= 0.6 is 0 Å². The van der Waals surface area contributed by atoms with E-state index in [2.05, 4.69) is 20.8 Å². The molecule has 2 rings (SSSR count). The van der Waals surface area contributed by atoms with Gasteiger partial charge in [-0.25, -0.2) is 0 Å². The summed E-state index contributed by atoms with van der Waals surface area (Å²) in [5.74, 6) is 1.13. The summed E-state index contributed by atoms with van der Waals surface area (Å²) in [6.45, 7) is 4.04. The van der Waals surface area contributed by atoms with Crippen LogP contribution in [0.5, 0.6) is 0 Å². The second kappa shape index (κ2) is 3.38. The van der Waals surface area contributed by atoms with Gasteiger partial charge in [-0.2, -0.15) is 4.98 Å². The van der Waals surface area contributed by atoms with E-state index in [1.165, 1.54) is 0 Å². The molecule has 1 fully saturated rings. The topological polar surface area (TPSA) is 80.0 Å². The minimum absolute atomic E-state index is 0.00136. The van der Waals surface area contributed by atoms with Crippen LogP contribution in [0.4, 0.5) is 0 Å². The zero-order chi connectivity index (χ0) is 10.1. The Morgan fingerprint density at radius 1 is 1.57 bits per heavy atom. The summed E-state index contributed by atoms with van der Waals surface area (Å²) >= 11 is 0. The normalized spacial score (nSPS) is 27.4. The predicted molar refractivity (Wildman–Crippen MR) is 47.4 cm³/mol. The van der Waals surface area contributed by atoms with Crippen molar-refractivity contribution in [1.29, 1.82) is 0 Å². The number of piperazine rings is 1. The van der Waals surface area contributed by atoms with Crippen molar-refractivity contribution in [2.45, 2.75) is 25.9 Å². The highest BCUT2D eigenvalue weighted by Crippen LogP contribution is 2.11. The van der Waals surface area contributed by atoms with E-state index in [9.17, 15) is 4.79 Å². The summed E-state index contributed by atoms with van der Waals surface area (Å²) in [5, 5.41) is 9.66. The van der Waals surface area contributed by atoms with Crippen LogP contribution in [0.2, 0.25) is 0 Å². The number of nitrogens with one attached hydrogen (secondary N) is 2. The van der Waals surface area contributed by atoms with E-state index in [1.54, 1.807) is 13.8 Å². The Kier molecular flexibility index (Phi) is 2.20. The Hall–Kier alpha value is -1.43. The van der Waals surface area contributed by atoms with Gasteiger partial charge >= 0.3 is 0 Å². The molecule has 6 heteroatoms. The highest BCUT2D eigenvalue weighted by atomic mass is 16.5. The van der Waals surface area contributed by atoms with Crippen LogP contribution in [0.25, 0.3) is 0 Å². The molecule has 14 heavy (non-hydrogen) atoms. The van der Waals surface area contributed by atoms with Crippen LogP contribution in [0.1, 0.15) is 24.7 Å². The van der Waals surface area contributed by atoms with E-state index in [0.29, 0.717) is 18.3 Å². The van der Waals surface area contributed by atoms with E-state index in [0.717, 1.165) is 0 Å². The molecule has 2 heterocycles. The SMILES string of the molecule is Cc1nc(C2CNC(=O)[C@@H](C)N2)no1. The van der Waals surface area contributed by atoms with Crippen LogP contribution in [0.15, 0.2) is 4.52 Å². The van der Waals surface area contributed by atoms with Gasteiger partial charge in [0.25, 0.3) is 0 Å². The molecule has 1 aliphatic rings. The summed E-state index contributed by atoms with van der Waals surface area (Å²) in [6.07, 6.45) is 0. The molecule has 76 valence electrons. The average Bonchev–Trinajstić information content (AvgIpc) is 2.57. The second-order valence-corrected chi connectivity index (χ2v) is 3.36. The van der Waals surface area contributed by atoms with Gasteiger partial charge in [0, 0.05) is 13.5 Å². The van der Waals surface area contributed by atoms with E-state index in [1.807, 2.05) is 0 Å². The average molecular weight is 196 g/mol. The Labute approximate surface area is 81.1 Å². The fraction of sp³-hybridized carbons (Fsp3) is 0.625. The van der Waals surface area contributed by atoms with E-state index >= 15 is 0 Å². The van der Waals surface area contributed by atoms with Crippen LogP contribution in [-0.4, -0.2) is 28.6 Å². The molecule has 0 radical (unpaired) electrons. The molecule has 0 saturated carbocycles. The maximum Gasteiger partial charge on any atom is 0.236 e. The van der Waals surface area contributed by atoms with Crippen molar-refractivity contribution in [3.8, 4) is 0 Å². The minimum Gasteiger partial charge on any atom is -0.353 e. The van der Waals surface area contributed by atoms with Crippen molar-refractivity contribution in [2.24, 2.45) is 0 Å². The number of hydrogen-bond acceptors (Lipinski definition) is 5. The van der Waals surface area contributed by atoms with Gasteiger partial charge < -0.3 is 9.84 Å². The highest BCUT2D eigenvalue weighted by molar-refractivity contribution is 5.82. The third-order valence-corrected chi connectivity index (χ3v) is 2.18. The first kappa shape index (κ1) is 9.14. The number of hydrogen-bond donors (Lipinski definition) is 2. The Morgan fingerprint density at radius 2 is 2.36 bits per heavy atom. The minimum atomic E-state index is -0.215. The lowest BCUT2D eigenvalue weighted by atomic mass is 10.1. The summed E-state index contributed by atoms with van der Waals surface area (Å²) < 4.78 is 4.87. The van der Waals surface area contributed by atoms with Crippen LogP contribution < -0.4 is 10.6 Å². The number of nitrogens with zero attached hydrogens (tertiary/aromatic N) is 2. The first-order valence-electron chi connectivity index (χ1n) is 4.51. The first-order valence-corrected chi connectivity index (χ1v) is 4.51. The molecule has 1 amide bonds. The summed E-state index contributed by atoms with van der Waals surface area (Å²) in [7, 11) is 0. The quantitative estimate of drug-likeness (QED) is 0.634. The van der Waals surface area contributed by atoms with Crippen LogP contribution in [0, 0.1) is 6.92 Å². The monoisotopic (exact) mass is 196 g/mol. The Morgan fingerprint density at radius 3 is 2.93 bits per heavy atom. The molecule has 1 aromatic heterocycles. The van der Waals surface area contributed by atoms with Crippen LogP contribution in [-0.2, 0) is 4.79 Å². The molecule has 1 aromatic rings. The number of aromatic nitrogens is 2. The third-order valence-electron chi connectivity index (χ3n) is 2.18. The number of aryl methyl sites for hydroxylation is 1. The highest BCUT2D eigenvalue weighted by Gasteiger charge is 2.27. The molecular weight excluding hydrogens is 184 g/mol. The molecular formula is C8H12N4O2. The lowest BCUT2D eigenvalue weighted by molar-refractivity contribution is -0.124. The lowest BCUT2D eigenvalue weighted by Gasteiger charge is -2.26. The summed E-state index contributed by atoms with van der Waals surface area (Å²) in [4.78, 5) is 15.2. The Balaban J connectivity index is 2.10. The van der Waals surface area contributed by atoms with Gasteiger partial charge in [-0.05, 0) is 6.92 Å². The zero-order valence-corrected chi connectivity index (χ0v) is 8.07. The van der Waals surface area contributed by atoms with Crippen molar-refractivity contribution in [1.82, 2.24) is 20.8 Å². The molecule has 2 atom stereocenters. The van der Waals surface area contributed by atoms with Gasteiger partial charge in [0.05, 0.1) is 12.1 Å². The van der Waals surface area contributed by atoms with E-state index in [-0.39, 0.29) is 18.0 Å². The largest absolute Gasteiger partial charge is 0.353 e. The van der Waals surface area contributed by atoms with Gasteiger partial charge in [-0.15, -0.1) is 0 Å².